The van der Waals surface area contributed by atoms with Crippen LogP contribution >= 0.6 is 12.2 Å². The van der Waals surface area contributed by atoms with Gasteiger partial charge in [0.15, 0.2) is 10.7 Å². The van der Waals surface area contributed by atoms with E-state index in [-0.39, 0.29) is 11.0 Å². The molecule has 0 aliphatic rings. The third-order valence-electron chi connectivity index (χ3n) is 6.54. The van der Waals surface area contributed by atoms with Gasteiger partial charge in [0.25, 0.3) is 0 Å². The minimum atomic E-state index is -0.518. The highest BCUT2D eigenvalue weighted by Crippen LogP contribution is 2.33. The van der Waals surface area contributed by atoms with E-state index in [0.717, 1.165) is 27.8 Å². The molecule has 0 saturated carbocycles. The summed E-state index contributed by atoms with van der Waals surface area (Å²) in [5.74, 6) is 0.692. The van der Waals surface area contributed by atoms with E-state index < -0.39 is 5.92 Å². The molecule has 1 aromatic heterocycles. The van der Waals surface area contributed by atoms with Gasteiger partial charge in [-0.15, -0.1) is 0 Å². The SMILES string of the molecule is COc1ccc(-c2nc3cc(C(C)C)ccc3o2)cc1NC(=S)NC(=O)C(c1ccccc1)c1ccccc1. The Labute approximate surface area is 233 Å². The van der Waals surface area contributed by atoms with E-state index in [1.54, 1.807) is 7.11 Å². The number of thiocarbonyl (C=S) groups is 1. The fraction of sp³-hybridized carbons (Fsp3) is 0.156. The van der Waals surface area contributed by atoms with Crippen molar-refractivity contribution in [1.29, 1.82) is 0 Å². The first-order valence-corrected chi connectivity index (χ1v) is 13.1. The molecule has 4 aromatic carbocycles. The van der Waals surface area contributed by atoms with Crippen LogP contribution in [0.1, 0.15) is 42.4 Å². The van der Waals surface area contributed by atoms with E-state index in [4.69, 9.17) is 26.4 Å². The normalized spacial score (nSPS) is 11.1. The van der Waals surface area contributed by atoms with Crippen molar-refractivity contribution >= 4 is 40.0 Å². The van der Waals surface area contributed by atoms with E-state index >= 15 is 0 Å². The molecule has 5 rings (SSSR count). The molecule has 0 bridgehead atoms. The van der Waals surface area contributed by atoms with Crippen molar-refractivity contribution in [3.63, 3.8) is 0 Å². The molecule has 0 aliphatic carbocycles. The Bertz CT molecular complexity index is 1570. The van der Waals surface area contributed by atoms with Crippen molar-refractivity contribution in [2.75, 3.05) is 12.4 Å². The summed E-state index contributed by atoms with van der Waals surface area (Å²) in [6.45, 7) is 4.29. The van der Waals surface area contributed by atoms with Crippen LogP contribution in [0.15, 0.2) is 101 Å². The van der Waals surface area contributed by atoms with Gasteiger partial charge in [-0.2, -0.15) is 0 Å². The number of methoxy groups -OCH3 is 1. The second-order valence-electron chi connectivity index (χ2n) is 9.51. The summed E-state index contributed by atoms with van der Waals surface area (Å²) in [4.78, 5) is 18.2. The first kappa shape index (κ1) is 26.1. The number of ether oxygens (including phenoxy) is 1. The second-order valence-corrected chi connectivity index (χ2v) is 9.92. The predicted octanol–water partition coefficient (Wildman–Crippen LogP) is 7.27. The molecule has 5 aromatic rings. The van der Waals surface area contributed by atoms with Gasteiger partial charge in [0.1, 0.15) is 11.3 Å². The summed E-state index contributed by atoms with van der Waals surface area (Å²) < 4.78 is 11.6. The molecular weight excluding hydrogens is 506 g/mol. The number of carbonyl (C=O) groups is 1. The minimum absolute atomic E-state index is 0.159. The zero-order valence-corrected chi connectivity index (χ0v) is 22.8. The average Bonchev–Trinajstić information content (AvgIpc) is 3.38. The maximum atomic E-state index is 13.5. The van der Waals surface area contributed by atoms with Crippen LogP contribution in [0.3, 0.4) is 0 Å². The van der Waals surface area contributed by atoms with Crippen molar-refractivity contribution in [1.82, 2.24) is 10.3 Å². The van der Waals surface area contributed by atoms with Crippen LogP contribution in [0, 0.1) is 0 Å². The largest absolute Gasteiger partial charge is 0.495 e. The van der Waals surface area contributed by atoms with Crippen LogP contribution in [0.25, 0.3) is 22.6 Å². The number of amides is 1. The van der Waals surface area contributed by atoms with E-state index in [9.17, 15) is 4.79 Å². The molecule has 6 nitrogen and oxygen atoms in total. The third kappa shape index (κ3) is 5.84. The van der Waals surface area contributed by atoms with Gasteiger partial charge in [0.2, 0.25) is 11.8 Å². The highest BCUT2D eigenvalue weighted by atomic mass is 32.1. The molecule has 39 heavy (non-hydrogen) atoms. The summed E-state index contributed by atoms with van der Waals surface area (Å²) >= 11 is 5.55. The standard InChI is InChI=1S/C32H29N3O3S/c1-20(2)23-14-17-28-26(18-23)33-31(38-28)24-15-16-27(37-3)25(19-24)34-32(39)35-30(36)29(21-10-6-4-7-11-21)22-12-8-5-9-13-22/h4-20,29H,1-3H3,(H2,34,35,36,39). The zero-order chi connectivity index (χ0) is 27.4. The molecule has 2 N–H and O–H groups in total. The first-order chi connectivity index (χ1) is 18.9. The maximum Gasteiger partial charge on any atom is 0.238 e. The number of nitrogens with one attached hydrogen (secondary N) is 2. The molecule has 0 aliphatic heterocycles. The molecule has 0 atom stereocenters. The summed E-state index contributed by atoms with van der Waals surface area (Å²) in [6, 6.07) is 30.9. The van der Waals surface area contributed by atoms with Crippen LogP contribution in [-0.4, -0.2) is 23.1 Å². The fourth-order valence-corrected chi connectivity index (χ4v) is 4.70. The molecule has 196 valence electrons. The highest BCUT2D eigenvalue weighted by Gasteiger charge is 2.24. The van der Waals surface area contributed by atoms with Crippen molar-refractivity contribution in [3.05, 3.63) is 114 Å². The number of carbonyl (C=O) groups excluding carboxylic acids is 1. The number of fused-ring (bicyclic) bond motifs is 1. The molecule has 0 unspecified atom stereocenters. The van der Waals surface area contributed by atoms with Crippen molar-refractivity contribution < 1.29 is 13.9 Å². The number of benzene rings is 4. The summed E-state index contributed by atoms with van der Waals surface area (Å²) in [7, 11) is 1.58. The Balaban J connectivity index is 1.38. The third-order valence-corrected chi connectivity index (χ3v) is 6.74. The monoisotopic (exact) mass is 535 g/mol. The van der Waals surface area contributed by atoms with Crippen molar-refractivity contribution in [2.45, 2.75) is 25.7 Å². The van der Waals surface area contributed by atoms with Crippen LogP contribution in [0.4, 0.5) is 5.69 Å². The molecule has 0 saturated heterocycles. The lowest BCUT2D eigenvalue weighted by Crippen LogP contribution is -2.38. The van der Waals surface area contributed by atoms with Gasteiger partial charge in [-0.25, -0.2) is 4.98 Å². The Hall–Kier alpha value is -4.49. The molecule has 0 fully saturated rings. The average molecular weight is 536 g/mol. The van der Waals surface area contributed by atoms with E-state index in [1.807, 2.05) is 84.9 Å². The Morgan fingerprint density at radius 3 is 2.15 bits per heavy atom. The molecule has 0 spiro atoms. The van der Waals surface area contributed by atoms with Crippen molar-refractivity contribution in [3.8, 4) is 17.2 Å². The molecule has 1 heterocycles. The van der Waals surface area contributed by atoms with Gasteiger partial charge in [0.05, 0.1) is 18.7 Å². The van der Waals surface area contributed by atoms with E-state index in [2.05, 4.69) is 36.6 Å². The van der Waals surface area contributed by atoms with Crippen LogP contribution in [0.5, 0.6) is 5.75 Å². The van der Waals surface area contributed by atoms with Gasteiger partial charge < -0.3 is 19.8 Å². The van der Waals surface area contributed by atoms with Gasteiger partial charge in [-0.05, 0) is 65.2 Å². The highest BCUT2D eigenvalue weighted by molar-refractivity contribution is 7.80. The second kappa shape index (κ2) is 11.5. The molecule has 7 heteroatoms. The lowest BCUT2D eigenvalue weighted by Gasteiger charge is -2.19. The first-order valence-electron chi connectivity index (χ1n) is 12.7. The van der Waals surface area contributed by atoms with Gasteiger partial charge in [-0.1, -0.05) is 80.6 Å². The summed E-state index contributed by atoms with van der Waals surface area (Å²) in [6.07, 6.45) is 0. The van der Waals surface area contributed by atoms with Gasteiger partial charge in [0, 0.05) is 5.56 Å². The number of oxazole rings is 1. The zero-order valence-electron chi connectivity index (χ0n) is 22.0. The Morgan fingerprint density at radius 2 is 1.54 bits per heavy atom. The minimum Gasteiger partial charge on any atom is -0.495 e. The molecular formula is C32H29N3O3S. The number of aromatic nitrogens is 1. The lowest BCUT2D eigenvalue weighted by molar-refractivity contribution is -0.120. The summed E-state index contributed by atoms with van der Waals surface area (Å²) in [5, 5.41) is 6.14. The molecule has 0 radical (unpaired) electrons. The number of hydrogen-bond donors (Lipinski definition) is 2. The van der Waals surface area contributed by atoms with Crippen molar-refractivity contribution in [2.24, 2.45) is 0 Å². The Morgan fingerprint density at radius 1 is 0.872 bits per heavy atom. The number of rotatable bonds is 7. The summed E-state index contributed by atoms with van der Waals surface area (Å²) in [5.41, 5.74) is 5.81. The Kier molecular flexibility index (Phi) is 7.70. The van der Waals surface area contributed by atoms with E-state index in [1.165, 1.54) is 5.56 Å². The smallest absolute Gasteiger partial charge is 0.238 e. The number of anilines is 1. The number of hydrogen-bond acceptors (Lipinski definition) is 5. The fourth-order valence-electron chi connectivity index (χ4n) is 4.49. The van der Waals surface area contributed by atoms with E-state index in [0.29, 0.717) is 23.2 Å². The van der Waals surface area contributed by atoms with Crippen LogP contribution in [0.2, 0.25) is 0 Å². The molecule has 1 amide bonds. The maximum absolute atomic E-state index is 13.5. The predicted molar refractivity (Wildman–Crippen MR) is 159 cm³/mol. The van der Waals surface area contributed by atoms with Gasteiger partial charge >= 0.3 is 0 Å². The van der Waals surface area contributed by atoms with Crippen LogP contribution < -0.4 is 15.4 Å². The quantitative estimate of drug-likeness (QED) is 0.213. The van der Waals surface area contributed by atoms with Crippen LogP contribution in [-0.2, 0) is 4.79 Å². The topological polar surface area (TPSA) is 76.4 Å². The number of nitrogens with zero attached hydrogens (tertiary/aromatic N) is 1. The lowest BCUT2D eigenvalue weighted by atomic mass is 9.90. The van der Waals surface area contributed by atoms with Gasteiger partial charge in [-0.3, -0.25) is 4.79 Å².